The minimum Gasteiger partial charge on any atom is -0.497 e. The van der Waals surface area contributed by atoms with E-state index in [0.717, 1.165) is 11.3 Å². The highest BCUT2D eigenvalue weighted by molar-refractivity contribution is 6.04. The van der Waals surface area contributed by atoms with Gasteiger partial charge < -0.3 is 4.74 Å². The Balaban J connectivity index is 1.99. The number of carbonyl (C=O) groups is 1. The molecule has 1 fully saturated rings. The fourth-order valence-corrected chi connectivity index (χ4v) is 1.71. The Bertz CT molecular complexity index is 386. The average Bonchev–Trinajstić information content (AvgIpc) is 2.27. The van der Waals surface area contributed by atoms with Crippen LogP contribution in [-0.4, -0.2) is 12.9 Å². The minimum absolute atomic E-state index is 0.0783. The van der Waals surface area contributed by atoms with Crippen LogP contribution >= 0.6 is 0 Å². The van der Waals surface area contributed by atoms with Gasteiger partial charge in [-0.1, -0.05) is 12.5 Å². The van der Waals surface area contributed by atoms with Crippen molar-refractivity contribution in [2.45, 2.75) is 19.3 Å². The van der Waals surface area contributed by atoms with E-state index in [4.69, 9.17) is 4.74 Å². The number of hydrogen-bond donors (Lipinski definition) is 0. The number of rotatable bonds is 4. The van der Waals surface area contributed by atoms with Gasteiger partial charge in [0.25, 0.3) is 0 Å². The first-order valence-corrected chi connectivity index (χ1v) is 5.66. The maximum absolute atomic E-state index is 11.8. The monoisotopic (exact) mass is 216 g/mol. The summed E-state index contributed by atoms with van der Waals surface area (Å²) in [6.45, 7) is 0. The summed E-state index contributed by atoms with van der Waals surface area (Å²) in [5.74, 6) is 1.48. The van der Waals surface area contributed by atoms with Gasteiger partial charge in [0.15, 0.2) is 5.78 Å². The highest BCUT2D eigenvalue weighted by atomic mass is 16.5. The molecular formula is C14H16O2. The molecule has 84 valence electrons. The van der Waals surface area contributed by atoms with Crippen LogP contribution in [0, 0.1) is 5.92 Å². The molecule has 0 aliphatic heterocycles. The molecule has 0 unspecified atom stereocenters. The van der Waals surface area contributed by atoms with E-state index in [1.165, 1.54) is 19.3 Å². The lowest BCUT2D eigenvalue weighted by Crippen LogP contribution is -2.08. The number of carbonyl (C=O) groups excluding carboxylic acids is 1. The molecule has 2 nitrogen and oxygen atoms in total. The van der Waals surface area contributed by atoms with Crippen LogP contribution in [0.2, 0.25) is 0 Å². The first kappa shape index (κ1) is 10.9. The van der Waals surface area contributed by atoms with E-state index in [0.29, 0.717) is 5.92 Å². The molecule has 1 saturated carbocycles. The van der Waals surface area contributed by atoms with Gasteiger partial charge in [-0.05, 0) is 49.1 Å². The summed E-state index contributed by atoms with van der Waals surface area (Å²) in [5, 5.41) is 0. The van der Waals surface area contributed by atoms with Crippen LogP contribution in [0.3, 0.4) is 0 Å². The fourth-order valence-electron chi connectivity index (χ4n) is 1.71. The number of hydrogen-bond acceptors (Lipinski definition) is 2. The molecule has 0 N–H and O–H groups in total. The third-order valence-corrected chi connectivity index (χ3v) is 3.04. The molecule has 16 heavy (non-hydrogen) atoms. The molecule has 0 heterocycles. The highest BCUT2D eigenvalue weighted by Gasteiger charge is 2.14. The lowest BCUT2D eigenvalue weighted by atomic mass is 9.85. The Labute approximate surface area is 95.9 Å². The van der Waals surface area contributed by atoms with Gasteiger partial charge in [0.05, 0.1) is 7.11 Å². The maximum Gasteiger partial charge on any atom is 0.185 e. The minimum atomic E-state index is 0.0783. The smallest absolute Gasteiger partial charge is 0.185 e. The first-order chi connectivity index (χ1) is 7.79. The van der Waals surface area contributed by atoms with E-state index in [1.807, 2.05) is 18.2 Å². The normalized spacial score (nSPS) is 16.1. The van der Waals surface area contributed by atoms with E-state index >= 15 is 0 Å². The van der Waals surface area contributed by atoms with Crippen molar-refractivity contribution in [3.63, 3.8) is 0 Å². The van der Waals surface area contributed by atoms with Crippen molar-refractivity contribution in [3.05, 3.63) is 42.0 Å². The molecule has 1 aliphatic rings. The van der Waals surface area contributed by atoms with Crippen molar-refractivity contribution in [2.24, 2.45) is 5.92 Å². The first-order valence-electron chi connectivity index (χ1n) is 5.66. The third-order valence-electron chi connectivity index (χ3n) is 3.04. The van der Waals surface area contributed by atoms with Crippen molar-refractivity contribution in [1.82, 2.24) is 0 Å². The molecule has 0 saturated heterocycles. The van der Waals surface area contributed by atoms with Gasteiger partial charge in [-0.15, -0.1) is 0 Å². The molecular weight excluding hydrogens is 200 g/mol. The summed E-state index contributed by atoms with van der Waals surface area (Å²) >= 11 is 0. The maximum atomic E-state index is 11.8. The van der Waals surface area contributed by atoms with Crippen molar-refractivity contribution in [1.29, 1.82) is 0 Å². The van der Waals surface area contributed by atoms with Crippen LogP contribution < -0.4 is 4.74 Å². The van der Waals surface area contributed by atoms with Crippen molar-refractivity contribution >= 4 is 5.78 Å². The van der Waals surface area contributed by atoms with Crippen LogP contribution in [0.15, 0.2) is 36.4 Å². The Morgan fingerprint density at radius 1 is 1.31 bits per heavy atom. The number of ketones is 1. The van der Waals surface area contributed by atoms with Crippen LogP contribution in [-0.2, 0) is 0 Å². The second kappa shape index (κ2) is 4.97. The molecule has 1 aromatic rings. The molecule has 1 aliphatic carbocycles. The zero-order valence-corrected chi connectivity index (χ0v) is 9.48. The van der Waals surface area contributed by atoms with E-state index in [2.05, 4.69) is 0 Å². The number of ether oxygens (including phenoxy) is 1. The highest BCUT2D eigenvalue weighted by Crippen LogP contribution is 2.27. The fraction of sp³-hybridized carbons (Fsp3) is 0.357. The second-order valence-corrected chi connectivity index (χ2v) is 4.14. The van der Waals surface area contributed by atoms with Crippen molar-refractivity contribution in [3.8, 4) is 5.75 Å². The SMILES string of the molecule is COc1ccc(C(=O)/C=C/C2CCC2)cc1. The van der Waals surface area contributed by atoms with E-state index < -0.39 is 0 Å². The van der Waals surface area contributed by atoms with Gasteiger partial charge in [0.2, 0.25) is 0 Å². The molecule has 2 rings (SSSR count). The lowest BCUT2D eigenvalue weighted by molar-refractivity contribution is 0.104. The number of allylic oxidation sites excluding steroid dienone is 2. The molecule has 0 radical (unpaired) electrons. The van der Waals surface area contributed by atoms with Gasteiger partial charge in [-0.25, -0.2) is 0 Å². The molecule has 0 spiro atoms. The Morgan fingerprint density at radius 3 is 2.50 bits per heavy atom. The molecule has 0 bridgehead atoms. The van der Waals surface area contributed by atoms with Crippen LogP contribution in [0.5, 0.6) is 5.75 Å². The van der Waals surface area contributed by atoms with Gasteiger partial charge in [0, 0.05) is 5.56 Å². The average molecular weight is 216 g/mol. The van der Waals surface area contributed by atoms with Crippen molar-refractivity contribution < 1.29 is 9.53 Å². The summed E-state index contributed by atoms with van der Waals surface area (Å²) < 4.78 is 5.04. The van der Waals surface area contributed by atoms with Crippen molar-refractivity contribution in [2.75, 3.05) is 7.11 Å². The number of methoxy groups -OCH3 is 1. The van der Waals surface area contributed by atoms with E-state index in [9.17, 15) is 4.79 Å². The van der Waals surface area contributed by atoms with Gasteiger partial charge in [-0.2, -0.15) is 0 Å². The standard InChI is InChI=1S/C14H16O2/c1-16-13-8-6-12(7-9-13)14(15)10-5-11-3-2-4-11/h5-11H,2-4H2,1H3/b10-5+. The third kappa shape index (κ3) is 2.51. The number of benzene rings is 1. The molecule has 2 heteroatoms. The van der Waals surface area contributed by atoms with Gasteiger partial charge in [0.1, 0.15) is 5.75 Å². The summed E-state index contributed by atoms with van der Waals surface area (Å²) in [7, 11) is 1.62. The predicted molar refractivity (Wildman–Crippen MR) is 63.8 cm³/mol. The zero-order valence-electron chi connectivity index (χ0n) is 9.48. The molecule has 1 aromatic carbocycles. The molecule has 0 amide bonds. The Morgan fingerprint density at radius 2 is 2.00 bits per heavy atom. The van der Waals surface area contributed by atoms with E-state index in [1.54, 1.807) is 25.3 Å². The lowest BCUT2D eigenvalue weighted by Gasteiger charge is -2.20. The Kier molecular flexibility index (Phi) is 3.40. The summed E-state index contributed by atoms with van der Waals surface area (Å²) in [6, 6.07) is 7.22. The largest absolute Gasteiger partial charge is 0.497 e. The van der Waals surface area contributed by atoms with Crippen LogP contribution in [0.4, 0.5) is 0 Å². The second-order valence-electron chi connectivity index (χ2n) is 4.14. The van der Waals surface area contributed by atoms with E-state index in [-0.39, 0.29) is 5.78 Å². The predicted octanol–water partition coefficient (Wildman–Crippen LogP) is 3.23. The van der Waals surface area contributed by atoms with Gasteiger partial charge in [-0.3, -0.25) is 4.79 Å². The zero-order chi connectivity index (χ0) is 11.4. The summed E-state index contributed by atoms with van der Waals surface area (Å²) in [5.41, 5.74) is 0.719. The Hall–Kier alpha value is -1.57. The topological polar surface area (TPSA) is 26.3 Å². The molecule has 0 atom stereocenters. The quantitative estimate of drug-likeness (QED) is 0.570. The molecule has 0 aromatic heterocycles. The van der Waals surface area contributed by atoms with Crippen LogP contribution in [0.25, 0.3) is 0 Å². The summed E-state index contributed by atoms with van der Waals surface area (Å²) in [4.78, 5) is 11.8. The van der Waals surface area contributed by atoms with Gasteiger partial charge >= 0.3 is 0 Å². The van der Waals surface area contributed by atoms with Crippen LogP contribution in [0.1, 0.15) is 29.6 Å². The summed E-state index contributed by atoms with van der Waals surface area (Å²) in [6.07, 6.45) is 7.49.